The Labute approximate surface area is 133 Å². The molecule has 0 aromatic carbocycles. The van der Waals surface area contributed by atoms with Crippen LogP contribution in [0.4, 0.5) is 5.82 Å². The van der Waals surface area contributed by atoms with Crippen molar-refractivity contribution in [3.63, 3.8) is 0 Å². The summed E-state index contributed by atoms with van der Waals surface area (Å²) in [6.07, 6.45) is -1.30. The lowest BCUT2D eigenvalue weighted by Crippen LogP contribution is -2.33. The molecule has 1 saturated heterocycles. The molecular weight excluding hydrogens is 412 g/mol. The second kappa shape index (κ2) is 6.55. The highest BCUT2D eigenvalue weighted by atomic mass is 127. The maximum atomic E-state index is 11.7. The predicted molar refractivity (Wildman–Crippen MR) is 79.5 cm³/mol. The van der Waals surface area contributed by atoms with Gasteiger partial charge >= 0.3 is 5.69 Å². The van der Waals surface area contributed by atoms with Crippen molar-refractivity contribution in [2.75, 3.05) is 12.3 Å². The topological polar surface area (TPSA) is 111 Å². The van der Waals surface area contributed by atoms with Crippen LogP contribution in [0.1, 0.15) is 6.23 Å². The first-order valence-electron chi connectivity index (χ1n) is 5.08. The average molecular weight is 424 g/mol. The number of rotatable bonds is 2. The van der Waals surface area contributed by atoms with E-state index in [0.29, 0.717) is 3.57 Å². The van der Waals surface area contributed by atoms with E-state index >= 15 is 0 Å². The molecule has 2 heterocycles. The minimum Gasteiger partial charge on any atom is -0.394 e. The second-order valence-corrected chi connectivity index (χ2v) is 5.51. The fourth-order valence-electron chi connectivity index (χ4n) is 1.72. The molecule has 0 saturated carbocycles. The van der Waals surface area contributed by atoms with Gasteiger partial charge in [-0.2, -0.15) is 4.98 Å². The van der Waals surface area contributed by atoms with Crippen LogP contribution in [0.15, 0.2) is 11.0 Å². The Morgan fingerprint density at radius 2 is 2.26 bits per heavy atom. The van der Waals surface area contributed by atoms with Gasteiger partial charge in [-0.25, -0.2) is 4.79 Å². The van der Waals surface area contributed by atoms with Crippen LogP contribution in [0, 0.1) is 3.57 Å². The van der Waals surface area contributed by atoms with Crippen molar-refractivity contribution in [1.82, 2.24) is 9.55 Å². The number of aromatic nitrogens is 2. The first kappa shape index (κ1) is 16.9. The Hall–Kier alpha value is -0.130. The quantitative estimate of drug-likeness (QED) is 0.445. The molecule has 0 radical (unpaired) electrons. The van der Waals surface area contributed by atoms with Gasteiger partial charge in [0.15, 0.2) is 6.23 Å². The van der Waals surface area contributed by atoms with Gasteiger partial charge in [0.1, 0.15) is 23.4 Å². The molecule has 1 aromatic heterocycles. The predicted octanol–water partition coefficient (Wildman–Crippen LogP) is -0.290. The van der Waals surface area contributed by atoms with Crippen LogP contribution in [0.3, 0.4) is 0 Å². The van der Waals surface area contributed by atoms with Crippen molar-refractivity contribution >= 4 is 52.4 Å². The van der Waals surface area contributed by atoms with E-state index in [2.05, 4.69) is 4.98 Å². The molecule has 1 aliphatic rings. The molecule has 7 nitrogen and oxygen atoms in total. The highest BCUT2D eigenvalue weighted by Crippen LogP contribution is 2.32. The van der Waals surface area contributed by atoms with Crippen molar-refractivity contribution < 1.29 is 14.9 Å². The zero-order chi connectivity index (χ0) is 13.4. The Morgan fingerprint density at radius 3 is 2.79 bits per heavy atom. The molecule has 0 bridgehead atoms. The number of halogens is 3. The lowest BCUT2D eigenvalue weighted by molar-refractivity contribution is -0.0457. The summed E-state index contributed by atoms with van der Waals surface area (Å²) in [4.78, 5) is 15.3. The average Bonchev–Trinajstić information content (AvgIpc) is 2.61. The van der Waals surface area contributed by atoms with E-state index < -0.39 is 29.5 Å². The van der Waals surface area contributed by atoms with Gasteiger partial charge in [0.2, 0.25) is 0 Å². The summed E-state index contributed by atoms with van der Waals surface area (Å²) in [6, 6.07) is 0. The standard InChI is InChI=1S/C9H11ClIN3O4.ClH/c10-5-6(16)4(2-15)18-8(5)14-1-3(11)7(12)13-9(14)17;/h1,4-6,8,15-16H,2H2,(H2,12,13,17);1H/t4-,5+,6-,8-;/m1./s1. The number of ether oxygens (including phenoxy) is 1. The summed E-state index contributed by atoms with van der Waals surface area (Å²) in [6.45, 7) is -0.380. The van der Waals surface area contributed by atoms with Crippen LogP contribution in [-0.4, -0.2) is 44.0 Å². The Balaban J connectivity index is 0.00000180. The van der Waals surface area contributed by atoms with Gasteiger partial charge in [0.05, 0.1) is 10.2 Å². The van der Waals surface area contributed by atoms with Gasteiger partial charge in [-0.15, -0.1) is 24.0 Å². The number of alkyl halides is 1. The molecule has 4 atom stereocenters. The number of hydrogen-bond donors (Lipinski definition) is 3. The zero-order valence-corrected chi connectivity index (χ0v) is 13.2. The van der Waals surface area contributed by atoms with Crippen molar-refractivity contribution in [2.45, 2.75) is 23.8 Å². The molecule has 2 rings (SSSR count). The molecule has 1 aromatic rings. The van der Waals surface area contributed by atoms with Crippen LogP contribution in [0.25, 0.3) is 0 Å². The third-order valence-corrected chi connectivity index (χ3v) is 3.99. The summed E-state index contributed by atoms with van der Waals surface area (Å²) in [5.41, 5.74) is 4.89. The smallest absolute Gasteiger partial charge is 0.351 e. The number of nitrogens with zero attached hydrogens (tertiary/aromatic N) is 2. The first-order valence-corrected chi connectivity index (χ1v) is 6.60. The molecule has 0 spiro atoms. The Bertz CT molecular complexity index is 515. The van der Waals surface area contributed by atoms with E-state index in [1.54, 1.807) is 0 Å². The summed E-state index contributed by atoms with van der Waals surface area (Å²) >= 11 is 7.92. The molecule has 1 aliphatic heterocycles. The molecule has 4 N–H and O–H groups in total. The molecule has 0 unspecified atom stereocenters. The molecule has 0 amide bonds. The fourth-order valence-corrected chi connectivity index (χ4v) is 2.48. The Morgan fingerprint density at radius 1 is 1.63 bits per heavy atom. The van der Waals surface area contributed by atoms with Gasteiger partial charge in [0.25, 0.3) is 0 Å². The number of nitrogens with two attached hydrogens (primary N) is 1. The third-order valence-electron chi connectivity index (χ3n) is 2.68. The molecule has 108 valence electrons. The molecule has 10 heteroatoms. The van der Waals surface area contributed by atoms with E-state index in [9.17, 15) is 9.90 Å². The lowest BCUT2D eigenvalue weighted by Gasteiger charge is -2.17. The maximum Gasteiger partial charge on any atom is 0.351 e. The van der Waals surface area contributed by atoms with E-state index in [-0.39, 0.29) is 24.8 Å². The summed E-state index contributed by atoms with van der Waals surface area (Å²) < 4.78 is 7.08. The maximum absolute atomic E-state index is 11.7. The molecule has 0 aliphatic carbocycles. The minimum atomic E-state index is -1.05. The number of anilines is 1. The molecule has 19 heavy (non-hydrogen) atoms. The summed E-state index contributed by atoms with van der Waals surface area (Å²) in [5.74, 6) is 0.125. The SMILES string of the molecule is Cl.Nc1nc(=O)n([C@@H]2O[C@H](CO)[C@@H](O)[C@@H]2Cl)cc1I. The zero-order valence-electron chi connectivity index (χ0n) is 9.44. The summed E-state index contributed by atoms with van der Waals surface area (Å²) in [7, 11) is 0. The van der Waals surface area contributed by atoms with Crippen LogP contribution in [0.5, 0.6) is 0 Å². The van der Waals surface area contributed by atoms with Crippen molar-refractivity contribution in [1.29, 1.82) is 0 Å². The normalized spacial score (nSPS) is 30.1. The highest BCUT2D eigenvalue weighted by Gasteiger charge is 2.43. The third kappa shape index (κ3) is 3.14. The number of nitrogen functional groups attached to an aromatic ring is 1. The van der Waals surface area contributed by atoms with Crippen molar-refractivity contribution in [3.05, 3.63) is 20.3 Å². The van der Waals surface area contributed by atoms with E-state index in [0.717, 1.165) is 4.57 Å². The largest absolute Gasteiger partial charge is 0.394 e. The lowest BCUT2D eigenvalue weighted by atomic mass is 10.2. The van der Waals surface area contributed by atoms with Gasteiger partial charge < -0.3 is 20.7 Å². The summed E-state index contributed by atoms with van der Waals surface area (Å²) in [5, 5.41) is 17.9. The van der Waals surface area contributed by atoms with Crippen LogP contribution >= 0.6 is 46.6 Å². The Kier molecular flexibility index (Phi) is 5.83. The van der Waals surface area contributed by atoms with Gasteiger partial charge in [0, 0.05) is 6.20 Å². The number of hydrogen-bond acceptors (Lipinski definition) is 6. The van der Waals surface area contributed by atoms with Gasteiger partial charge in [-0.3, -0.25) is 4.57 Å². The van der Waals surface area contributed by atoms with E-state index in [1.807, 2.05) is 22.6 Å². The van der Waals surface area contributed by atoms with Crippen LogP contribution in [0.2, 0.25) is 0 Å². The van der Waals surface area contributed by atoms with Crippen LogP contribution in [-0.2, 0) is 4.74 Å². The highest BCUT2D eigenvalue weighted by molar-refractivity contribution is 14.1. The van der Waals surface area contributed by atoms with Crippen molar-refractivity contribution in [2.24, 2.45) is 0 Å². The molecule has 1 fully saturated rings. The van der Waals surface area contributed by atoms with Gasteiger partial charge in [-0.05, 0) is 22.6 Å². The van der Waals surface area contributed by atoms with E-state index in [1.165, 1.54) is 6.20 Å². The van der Waals surface area contributed by atoms with E-state index in [4.69, 9.17) is 27.2 Å². The molecular formula is C9H12Cl2IN3O4. The minimum absolute atomic E-state index is 0. The fraction of sp³-hybridized carbons (Fsp3) is 0.556. The monoisotopic (exact) mass is 423 g/mol. The van der Waals surface area contributed by atoms with Gasteiger partial charge in [-0.1, -0.05) is 0 Å². The van der Waals surface area contributed by atoms with Crippen LogP contribution < -0.4 is 11.4 Å². The first-order chi connectivity index (χ1) is 8.45. The number of aliphatic hydroxyl groups excluding tert-OH is 2. The number of aliphatic hydroxyl groups is 2. The second-order valence-electron chi connectivity index (χ2n) is 3.85. The van der Waals surface area contributed by atoms with Crippen molar-refractivity contribution in [3.8, 4) is 0 Å².